The van der Waals surface area contributed by atoms with Crippen LogP contribution in [0.2, 0.25) is 0 Å². The number of benzene rings is 1. The van der Waals surface area contributed by atoms with E-state index in [4.69, 9.17) is 5.73 Å². The predicted octanol–water partition coefficient (Wildman–Crippen LogP) is 1.78. The molecule has 2 rings (SSSR count). The quantitative estimate of drug-likeness (QED) is 0.780. The van der Waals surface area contributed by atoms with Crippen molar-refractivity contribution in [3.8, 4) is 0 Å². The van der Waals surface area contributed by atoms with Gasteiger partial charge in [0.1, 0.15) is 0 Å². The maximum Gasteiger partial charge on any atom is 0.242 e. The summed E-state index contributed by atoms with van der Waals surface area (Å²) in [5.41, 5.74) is 6.83. The number of rotatable bonds is 8. The number of carbonyl (C=O) groups is 1. The van der Waals surface area contributed by atoms with Crippen molar-refractivity contribution in [1.29, 1.82) is 0 Å². The molecule has 1 fully saturated rings. The van der Waals surface area contributed by atoms with Crippen LogP contribution < -0.4 is 5.73 Å². The molecule has 0 bridgehead atoms. The first-order valence-electron chi connectivity index (χ1n) is 9.45. The number of hydrogen-bond donors (Lipinski definition) is 1. The fraction of sp³-hybridized carbons (Fsp3) is 0.650. The monoisotopic (exact) mass is 346 g/mol. The molecule has 2 N–H and O–H groups in total. The number of hydrogen-bond acceptors (Lipinski definition) is 4. The van der Waals surface area contributed by atoms with E-state index in [9.17, 15) is 4.79 Å². The van der Waals surface area contributed by atoms with Gasteiger partial charge in [-0.1, -0.05) is 43.7 Å². The summed E-state index contributed by atoms with van der Waals surface area (Å²) in [7, 11) is 2.16. The Balaban J connectivity index is 1.71. The molecule has 1 atom stereocenters. The Morgan fingerprint density at radius 1 is 1.20 bits per heavy atom. The second-order valence-electron chi connectivity index (χ2n) is 7.52. The molecule has 1 saturated heterocycles. The second-order valence-corrected chi connectivity index (χ2v) is 7.52. The van der Waals surface area contributed by atoms with Crippen LogP contribution in [-0.2, 0) is 11.3 Å². The van der Waals surface area contributed by atoms with Crippen LogP contribution in [0.25, 0.3) is 0 Å². The summed E-state index contributed by atoms with van der Waals surface area (Å²) in [6, 6.07) is 10.6. The molecule has 140 valence electrons. The summed E-state index contributed by atoms with van der Waals surface area (Å²) in [6.45, 7) is 10.4. The standard InChI is InChI=1S/C20H34N4O/c1-4-10-20(2,21)19(25)24-15-13-23(14-16-24)12-11-22(3)17-18-8-6-5-7-9-18/h5-9H,4,10-17,21H2,1-3H3. The molecule has 0 aliphatic carbocycles. The van der Waals surface area contributed by atoms with Crippen molar-refractivity contribution in [1.82, 2.24) is 14.7 Å². The van der Waals surface area contributed by atoms with Crippen LogP contribution in [0.15, 0.2) is 30.3 Å². The third kappa shape index (κ3) is 6.10. The topological polar surface area (TPSA) is 52.8 Å². The summed E-state index contributed by atoms with van der Waals surface area (Å²) < 4.78 is 0. The number of amides is 1. The minimum Gasteiger partial charge on any atom is -0.339 e. The maximum absolute atomic E-state index is 12.6. The molecule has 0 radical (unpaired) electrons. The summed E-state index contributed by atoms with van der Waals surface area (Å²) in [5.74, 6) is 0.107. The zero-order valence-corrected chi connectivity index (χ0v) is 16.1. The molecular formula is C20H34N4O. The van der Waals surface area contributed by atoms with Gasteiger partial charge in [0.15, 0.2) is 0 Å². The smallest absolute Gasteiger partial charge is 0.242 e. The Hall–Kier alpha value is -1.43. The minimum absolute atomic E-state index is 0.107. The average molecular weight is 347 g/mol. The van der Waals surface area contributed by atoms with E-state index < -0.39 is 5.54 Å². The van der Waals surface area contributed by atoms with Crippen molar-refractivity contribution in [2.24, 2.45) is 5.73 Å². The van der Waals surface area contributed by atoms with Gasteiger partial charge in [-0.3, -0.25) is 9.69 Å². The number of likely N-dealkylation sites (N-methyl/N-ethyl adjacent to an activating group) is 1. The molecule has 1 aliphatic heterocycles. The number of nitrogens with zero attached hydrogens (tertiary/aromatic N) is 3. The second kappa shape index (κ2) is 9.32. The Morgan fingerprint density at radius 2 is 1.84 bits per heavy atom. The van der Waals surface area contributed by atoms with E-state index in [1.807, 2.05) is 11.8 Å². The maximum atomic E-state index is 12.6. The first kappa shape index (κ1) is 19.9. The van der Waals surface area contributed by atoms with E-state index in [1.54, 1.807) is 0 Å². The van der Waals surface area contributed by atoms with Crippen LogP contribution in [0.5, 0.6) is 0 Å². The first-order chi connectivity index (χ1) is 11.9. The van der Waals surface area contributed by atoms with Crippen molar-refractivity contribution in [3.05, 3.63) is 35.9 Å². The normalized spacial score (nSPS) is 18.4. The highest BCUT2D eigenvalue weighted by atomic mass is 16.2. The van der Waals surface area contributed by atoms with E-state index in [1.165, 1.54) is 5.56 Å². The first-order valence-corrected chi connectivity index (χ1v) is 9.45. The zero-order chi connectivity index (χ0) is 18.3. The predicted molar refractivity (Wildman–Crippen MR) is 103 cm³/mol. The molecule has 1 amide bonds. The van der Waals surface area contributed by atoms with E-state index >= 15 is 0 Å². The molecule has 5 heteroatoms. The van der Waals surface area contributed by atoms with Gasteiger partial charge in [-0.25, -0.2) is 0 Å². The molecule has 0 aromatic heterocycles. The van der Waals surface area contributed by atoms with Crippen molar-refractivity contribution in [3.63, 3.8) is 0 Å². The van der Waals surface area contributed by atoms with Crippen LogP contribution in [0.4, 0.5) is 0 Å². The molecule has 1 aromatic carbocycles. The molecule has 25 heavy (non-hydrogen) atoms. The van der Waals surface area contributed by atoms with Crippen LogP contribution in [0.1, 0.15) is 32.3 Å². The Labute approximate surface area is 152 Å². The molecular weight excluding hydrogens is 312 g/mol. The highest BCUT2D eigenvalue weighted by Gasteiger charge is 2.33. The van der Waals surface area contributed by atoms with Gasteiger partial charge in [-0.15, -0.1) is 0 Å². The molecule has 0 spiro atoms. The minimum atomic E-state index is -0.715. The largest absolute Gasteiger partial charge is 0.339 e. The fourth-order valence-electron chi connectivity index (χ4n) is 3.45. The summed E-state index contributed by atoms with van der Waals surface area (Å²) in [4.78, 5) is 19.3. The van der Waals surface area contributed by atoms with Gasteiger partial charge in [0.2, 0.25) is 5.91 Å². The van der Waals surface area contributed by atoms with Crippen LogP contribution in [0, 0.1) is 0 Å². The zero-order valence-electron chi connectivity index (χ0n) is 16.1. The summed E-state index contributed by atoms with van der Waals surface area (Å²) >= 11 is 0. The third-order valence-electron chi connectivity index (χ3n) is 5.01. The van der Waals surface area contributed by atoms with Gasteiger partial charge >= 0.3 is 0 Å². The summed E-state index contributed by atoms with van der Waals surface area (Å²) in [5, 5.41) is 0. The SMILES string of the molecule is CCCC(C)(N)C(=O)N1CCN(CCN(C)Cc2ccccc2)CC1. The van der Waals surface area contributed by atoms with E-state index in [-0.39, 0.29) is 5.91 Å². The average Bonchev–Trinajstić information content (AvgIpc) is 2.60. The van der Waals surface area contributed by atoms with E-state index in [0.717, 1.165) is 58.7 Å². The van der Waals surface area contributed by atoms with Gasteiger partial charge in [-0.05, 0) is 26.0 Å². The highest BCUT2D eigenvalue weighted by molar-refractivity contribution is 5.85. The summed E-state index contributed by atoms with van der Waals surface area (Å²) in [6.07, 6.45) is 1.68. The lowest BCUT2D eigenvalue weighted by Crippen LogP contribution is -2.58. The van der Waals surface area contributed by atoms with Gasteiger partial charge in [0.25, 0.3) is 0 Å². The van der Waals surface area contributed by atoms with Gasteiger partial charge in [0.05, 0.1) is 5.54 Å². The molecule has 0 saturated carbocycles. The number of piperazine rings is 1. The third-order valence-corrected chi connectivity index (χ3v) is 5.01. The van der Waals surface area contributed by atoms with Crippen molar-refractivity contribution in [2.75, 3.05) is 46.3 Å². The number of carbonyl (C=O) groups excluding carboxylic acids is 1. The van der Waals surface area contributed by atoms with Crippen LogP contribution >= 0.6 is 0 Å². The highest BCUT2D eigenvalue weighted by Crippen LogP contribution is 2.14. The van der Waals surface area contributed by atoms with Gasteiger partial charge < -0.3 is 15.5 Å². The number of nitrogens with two attached hydrogens (primary N) is 1. The Bertz CT molecular complexity index is 524. The van der Waals surface area contributed by atoms with E-state index in [0.29, 0.717) is 0 Å². The van der Waals surface area contributed by atoms with Crippen LogP contribution in [-0.4, -0.2) is 72.5 Å². The molecule has 1 aliphatic rings. The lowest BCUT2D eigenvalue weighted by Gasteiger charge is -2.38. The molecule has 1 aromatic rings. The fourth-order valence-corrected chi connectivity index (χ4v) is 3.45. The van der Waals surface area contributed by atoms with Gasteiger partial charge in [0, 0.05) is 45.8 Å². The van der Waals surface area contributed by atoms with Crippen molar-refractivity contribution < 1.29 is 4.79 Å². The van der Waals surface area contributed by atoms with Crippen molar-refractivity contribution >= 4 is 5.91 Å². The van der Waals surface area contributed by atoms with Gasteiger partial charge in [-0.2, -0.15) is 0 Å². The Kier molecular flexibility index (Phi) is 7.41. The molecule has 5 nitrogen and oxygen atoms in total. The van der Waals surface area contributed by atoms with Crippen molar-refractivity contribution in [2.45, 2.75) is 38.8 Å². The molecule has 1 heterocycles. The lowest BCUT2D eigenvalue weighted by atomic mass is 9.95. The Morgan fingerprint density at radius 3 is 2.44 bits per heavy atom. The lowest BCUT2D eigenvalue weighted by molar-refractivity contribution is -0.138. The molecule has 1 unspecified atom stereocenters. The van der Waals surface area contributed by atoms with Crippen LogP contribution in [0.3, 0.4) is 0 Å². The van der Waals surface area contributed by atoms with E-state index in [2.05, 4.69) is 54.1 Å².